The molecule has 1 aromatic carbocycles. The number of nitrogens with zero attached hydrogens (tertiary/aromatic N) is 2. The maximum Gasteiger partial charge on any atom is 0.241 e. The van der Waals surface area contributed by atoms with Crippen molar-refractivity contribution in [1.82, 2.24) is 15.5 Å². The SMILES string of the molecule is COc1cccc(CN=C(NCC(=O)N(C)C)NC2CCCC2)c1OC1CCCC1.I. The first-order valence-corrected chi connectivity index (χ1v) is 11.1. The number of amides is 1. The van der Waals surface area contributed by atoms with Crippen LogP contribution in [0, 0.1) is 0 Å². The van der Waals surface area contributed by atoms with Crippen LogP contribution in [-0.4, -0.2) is 56.7 Å². The Hall–Kier alpha value is -1.71. The molecule has 3 rings (SSSR count). The molecule has 2 fully saturated rings. The first kappa shape index (κ1) is 25.5. The third-order valence-corrected chi connectivity index (χ3v) is 5.88. The Morgan fingerprint density at radius 1 is 1.13 bits per heavy atom. The van der Waals surface area contributed by atoms with Crippen molar-refractivity contribution in [3.8, 4) is 11.5 Å². The van der Waals surface area contributed by atoms with Gasteiger partial charge in [0.1, 0.15) is 0 Å². The number of rotatable bonds is 8. The molecule has 1 aromatic rings. The summed E-state index contributed by atoms with van der Waals surface area (Å²) in [5.74, 6) is 2.23. The standard InChI is InChI=1S/C23H36N4O3.HI/c1-27(2)21(28)16-25-23(26-18-10-4-5-11-18)24-15-17-9-8-14-20(29-3)22(17)30-19-12-6-7-13-19;/h8-9,14,18-19H,4-7,10-13,15-16H2,1-3H3,(H2,24,25,26);1H. The van der Waals surface area contributed by atoms with Crippen molar-refractivity contribution >= 4 is 35.8 Å². The van der Waals surface area contributed by atoms with E-state index in [0.717, 1.165) is 42.7 Å². The molecule has 0 unspecified atom stereocenters. The fourth-order valence-electron chi connectivity index (χ4n) is 4.05. The van der Waals surface area contributed by atoms with Crippen LogP contribution in [0.2, 0.25) is 0 Å². The molecule has 0 saturated heterocycles. The minimum atomic E-state index is 0. The lowest BCUT2D eigenvalue weighted by Gasteiger charge is -2.20. The highest BCUT2D eigenvalue weighted by atomic mass is 127. The average Bonchev–Trinajstić information content (AvgIpc) is 3.44. The fraction of sp³-hybridized carbons (Fsp3) is 0.652. The molecule has 31 heavy (non-hydrogen) atoms. The molecule has 174 valence electrons. The highest BCUT2D eigenvalue weighted by Gasteiger charge is 2.21. The van der Waals surface area contributed by atoms with E-state index in [4.69, 9.17) is 14.5 Å². The van der Waals surface area contributed by atoms with Crippen molar-refractivity contribution in [2.24, 2.45) is 4.99 Å². The lowest BCUT2D eigenvalue weighted by Crippen LogP contribution is -2.46. The van der Waals surface area contributed by atoms with Crippen molar-refractivity contribution in [3.63, 3.8) is 0 Å². The summed E-state index contributed by atoms with van der Waals surface area (Å²) < 4.78 is 11.9. The van der Waals surface area contributed by atoms with E-state index in [1.165, 1.54) is 25.7 Å². The summed E-state index contributed by atoms with van der Waals surface area (Å²) in [6.45, 7) is 0.673. The van der Waals surface area contributed by atoms with Crippen molar-refractivity contribution in [1.29, 1.82) is 0 Å². The molecule has 7 nitrogen and oxygen atoms in total. The third kappa shape index (κ3) is 7.73. The van der Waals surface area contributed by atoms with Gasteiger partial charge in [0.15, 0.2) is 17.5 Å². The van der Waals surface area contributed by atoms with Gasteiger partial charge >= 0.3 is 0 Å². The van der Waals surface area contributed by atoms with Crippen LogP contribution in [0.25, 0.3) is 0 Å². The van der Waals surface area contributed by atoms with Crippen LogP contribution in [-0.2, 0) is 11.3 Å². The van der Waals surface area contributed by atoms with Gasteiger partial charge in [-0.15, -0.1) is 24.0 Å². The summed E-state index contributed by atoms with van der Waals surface area (Å²) in [6, 6.07) is 6.35. The smallest absolute Gasteiger partial charge is 0.241 e. The van der Waals surface area contributed by atoms with Crippen LogP contribution >= 0.6 is 24.0 Å². The summed E-state index contributed by atoms with van der Waals surface area (Å²) in [5, 5.41) is 6.69. The minimum Gasteiger partial charge on any atom is -0.493 e. The lowest BCUT2D eigenvalue weighted by molar-refractivity contribution is -0.127. The normalized spacial score (nSPS) is 17.2. The Morgan fingerprint density at radius 2 is 1.81 bits per heavy atom. The van der Waals surface area contributed by atoms with E-state index >= 15 is 0 Å². The van der Waals surface area contributed by atoms with Gasteiger partial charge in [-0.1, -0.05) is 25.0 Å². The van der Waals surface area contributed by atoms with Crippen molar-refractivity contribution in [2.75, 3.05) is 27.7 Å². The average molecular weight is 544 g/mol. The number of hydrogen-bond acceptors (Lipinski definition) is 4. The van der Waals surface area contributed by atoms with Crippen molar-refractivity contribution in [2.45, 2.75) is 70.1 Å². The maximum absolute atomic E-state index is 12.0. The van der Waals surface area contributed by atoms with Gasteiger partial charge in [-0.2, -0.15) is 0 Å². The first-order chi connectivity index (χ1) is 14.6. The van der Waals surface area contributed by atoms with Crippen LogP contribution in [0.4, 0.5) is 0 Å². The zero-order chi connectivity index (χ0) is 21.3. The number of guanidine groups is 1. The maximum atomic E-state index is 12.0. The van der Waals surface area contributed by atoms with E-state index in [1.54, 1.807) is 26.1 Å². The summed E-state index contributed by atoms with van der Waals surface area (Å²) in [4.78, 5) is 18.4. The van der Waals surface area contributed by atoms with E-state index in [9.17, 15) is 4.79 Å². The van der Waals surface area contributed by atoms with Gasteiger partial charge in [0.05, 0.1) is 26.3 Å². The predicted octanol–water partition coefficient (Wildman–Crippen LogP) is 3.70. The molecule has 2 N–H and O–H groups in total. The van der Waals surface area contributed by atoms with Crippen molar-refractivity contribution < 1.29 is 14.3 Å². The van der Waals surface area contributed by atoms with Crippen LogP contribution < -0.4 is 20.1 Å². The van der Waals surface area contributed by atoms with Crippen LogP contribution in [0.3, 0.4) is 0 Å². The molecular formula is C23H37IN4O3. The highest BCUT2D eigenvalue weighted by Crippen LogP contribution is 2.35. The second kappa shape index (κ2) is 13.0. The number of halogens is 1. The summed E-state index contributed by atoms with van der Waals surface area (Å²) >= 11 is 0. The number of benzene rings is 1. The monoisotopic (exact) mass is 544 g/mol. The van der Waals surface area contributed by atoms with Gasteiger partial charge in [-0.3, -0.25) is 4.79 Å². The van der Waals surface area contributed by atoms with E-state index in [0.29, 0.717) is 18.5 Å². The lowest BCUT2D eigenvalue weighted by atomic mass is 10.1. The number of para-hydroxylation sites is 1. The number of likely N-dealkylation sites (N-methyl/N-ethyl adjacent to an activating group) is 1. The summed E-state index contributed by atoms with van der Waals surface area (Å²) in [7, 11) is 5.19. The number of nitrogens with one attached hydrogen (secondary N) is 2. The van der Waals surface area contributed by atoms with Gasteiger partial charge in [0.2, 0.25) is 5.91 Å². The first-order valence-electron chi connectivity index (χ1n) is 11.1. The second-order valence-corrected chi connectivity index (χ2v) is 8.41. The largest absolute Gasteiger partial charge is 0.493 e. The Morgan fingerprint density at radius 3 is 2.45 bits per heavy atom. The number of ether oxygens (including phenoxy) is 2. The Bertz CT molecular complexity index is 730. The van der Waals surface area contributed by atoms with E-state index in [1.807, 2.05) is 18.2 Å². The molecule has 0 bridgehead atoms. The van der Waals surface area contributed by atoms with Gasteiger partial charge < -0.3 is 25.0 Å². The highest BCUT2D eigenvalue weighted by molar-refractivity contribution is 14.0. The molecular weight excluding hydrogens is 507 g/mol. The van der Waals surface area contributed by atoms with Crippen LogP contribution in [0.15, 0.2) is 23.2 Å². The predicted molar refractivity (Wildman–Crippen MR) is 135 cm³/mol. The zero-order valence-electron chi connectivity index (χ0n) is 19.0. The number of aliphatic imine (C=N–C) groups is 1. The van der Waals surface area contributed by atoms with Crippen molar-refractivity contribution in [3.05, 3.63) is 23.8 Å². The number of hydrogen-bond donors (Lipinski definition) is 2. The molecule has 1 amide bonds. The van der Waals surface area contributed by atoms with Gasteiger partial charge in [0.25, 0.3) is 0 Å². The molecule has 0 heterocycles. The zero-order valence-corrected chi connectivity index (χ0v) is 21.3. The fourth-order valence-corrected chi connectivity index (χ4v) is 4.05. The van der Waals surface area contributed by atoms with E-state index in [2.05, 4.69) is 10.6 Å². The van der Waals surface area contributed by atoms with E-state index < -0.39 is 0 Å². The molecule has 0 atom stereocenters. The summed E-state index contributed by atoms with van der Waals surface area (Å²) in [6.07, 6.45) is 9.59. The minimum absolute atomic E-state index is 0. The molecule has 0 aromatic heterocycles. The Labute approximate surface area is 203 Å². The number of carbonyl (C=O) groups excluding carboxylic acids is 1. The molecule has 0 spiro atoms. The number of carbonyl (C=O) groups is 1. The quantitative estimate of drug-likeness (QED) is 0.297. The van der Waals surface area contributed by atoms with Crippen LogP contribution in [0.1, 0.15) is 56.9 Å². The topological polar surface area (TPSA) is 75.2 Å². The molecule has 2 aliphatic rings. The van der Waals surface area contributed by atoms with Gasteiger partial charge in [0, 0.05) is 25.7 Å². The Kier molecular flexibility index (Phi) is 10.7. The molecule has 0 aliphatic heterocycles. The molecule has 8 heteroatoms. The second-order valence-electron chi connectivity index (χ2n) is 8.41. The van der Waals surface area contributed by atoms with Gasteiger partial charge in [-0.25, -0.2) is 4.99 Å². The molecule has 0 radical (unpaired) electrons. The van der Waals surface area contributed by atoms with Crippen LogP contribution in [0.5, 0.6) is 11.5 Å². The molecule has 2 saturated carbocycles. The van der Waals surface area contributed by atoms with E-state index in [-0.39, 0.29) is 42.5 Å². The third-order valence-electron chi connectivity index (χ3n) is 5.88. The summed E-state index contributed by atoms with van der Waals surface area (Å²) in [5.41, 5.74) is 0.993. The molecule has 2 aliphatic carbocycles. The van der Waals surface area contributed by atoms with Gasteiger partial charge in [-0.05, 0) is 44.6 Å². The number of methoxy groups -OCH3 is 1. The Balaban J connectivity index is 0.00000341.